The Hall–Kier alpha value is -1.10. The topological polar surface area (TPSA) is 51.0 Å². The molecule has 1 aromatic heterocycles. The monoisotopic (exact) mass is 325 g/mol. The molecule has 1 N–H and O–H groups in total. The standard InChI is InChI=1S/C15H17Cl2N3O/c1-2-15(3-5-18-6-4-15)14-19-13(20-21-14)10-7-11(16)9-12(17)8-10/h7-9,18H,2-6H2,1H3. The van der Waals surface area contributed by atoms with Crippen LogP contribution < -0.4 is 5.32 Å². The highest BCUT2D eigenvalue weighted by Crippen LogP contribution is 2.36. The molecule has 0 saturated carbocycles. The molecule has 2 heterocycles. The highest BCUT2D eigenvalue weighted by molar-refractivity contribution is 6.35. The molecule has 112 valence electrons. The number of halogens is 2. The first kappa shape index (κ1) is 14.8. The molecule has 1 aromatic carbocycles. The van der Waals surface area contributed by atoms with E-state index in [2.05, 4.69) is 22.4 Å². The first-order valence-corrected chi connectivity index (χ1v) is 7.90. The molecule has 0 aliphatic carbocycles. The van der Waals surface area contributed by atoms with Gasteiger partial charge in [-0.2, -0.15) is 4.98 Å². The minimum Gasteiger partial charge on any atom is -0.338 e. The molecule has 0 spiro atoms. The molecule has 4 nitrogen and oxygen atoms in total. The van der Waals surface area contributed by atoms with Crippen LogP contribution in [-0.4, -0.2) is 23.2 Å². The van der Waals surface area contributed by atoms with Crippen molar-refractivity contribution in [2.24, 2.45) is 0 Å². The van der Waals surface area contributed by atoms with E-state index in [1.165, 1.54) is 0 Å². The number of nitrogens with zero attached hydrogens (tertiary/aromatic N) is 2. The number of nitrogens with one attached hydrogen (secondary N) is 1. The van der Waals surface area contributed by atoms with Gasteiger partial charge in [0.15, 0.2) is 0 Å². The number of benzene rings is 1. The summed E-state index contributed by atoms with van der Waals surface area (Å²) in [4.78, 5) is 4.61. The zero-order valence-electron chi connectivity index (χ0n) is 11.8. The van der Waals surface area contributed by atoms with Gasteiger partial charge in [0.1, 0.15) is 0 Å². The maximum absolute atomic E-state index is 6.03. The number of aromatic nitrogens is 2. The first-order valence-electron chi connectivity index (χ1n) is 7.14. The second kappa shape index (κ2) is 5.95. The van der Waals surface area contributed by atoms with Crippen molar-refractivity contribution >= 4 is 23.2 Å². The fourth-order valence-corrected chi connectivity index (χ4v) is 3.39. The molecular formula is C15H17Cl2N3O. The number of rotatable bonds is 3. The zero-order chi connectivity index (χ0) is 14.9. The largest absolute Gasteiger partial charge is 0.338 e. The molecule has 1 aliphatic rings. The molecular weight excluding hydrogens is 309 g/mol. The van der Waals surface area contributed by atoms with Crippen LogP contribution in [0.25, 0.3) is 11.4 Å². The smallest absolute Gasteiger partial charge is 0.233 e. The van der Waals surface area contributed by atoms with Crippen LogP contribution in [0.4, 0.5) is 0 Å². The number of hydrogen-bond donors (Lipinski definition) is 1. The van der Waals surface area contributed by atoms with E-state index < -0.39 is 0 Å². The Kier molecular flexibility index (Phi) is 4.20. The van der Waals surface area contributed by atoms with Crippen molar-refractivity contribution in [3.8, 4) is 11.4 Å². The van der Waals surface area contributed by atoms with E-state index in [-0.39, 0.29) is 5.41 Å². The van der Waals surface area contributed by atoms with Gasteiger partial charge in [0.2, 0.25) is 11.7 Å². The summed E-state index contributed by atoms with van der Waals surface area (Å²) >= 11 is 12.1. The van der Waals surface area contributed by atoms with Gasteiger partial charge >= 0.3 is 0 Å². The molecule has 0 bridgehead atoms. The summed E-state index contributed by atoms with van der Waals surface area (Å²) in [5.41, 5.74) is 0.765. The first-order chi connectivity index (χ1) is 10.1. The molecule has 0 unspecified atom stereocenters. The third kappa shape index (κ3) is 2.93. The minimum atomic E-state index is -0.0150. The van der Waals surface area contributed by atoms with E-state index in [1.807, 2.05) is 0 Å². The Morgan fingerprint density at radius 3 is 2.48 bits per heavy atom. The van der Waals surface area contributed by atoms with E-state index in [0.29, 0.717) is 15.9 Å². The molecule has 3 rings (SSSR count). The molecule has 21 heavy (non-hydrogen) atoms. The summed E-state index contributed by atoms with van der Waals surface area (Å²) in [6.07, 6.45) is 3.02. The van der Waals surface area contributed by atoms with E-state index >= 15 is 0 Å². The van der Waals surface area contributed by atoms with Crippen molar-refractivity contribution < 1.29 is 4.52 Å². The maximum atomic E-state index is 6.03. The van der Waals surface area contributed by atoms with Gasteiger partial charge in [-0.05, 0) is 50.6 Å². The molecule has 0 atom stereocenters. The van der Waals surface area contributed by atoms with Crippen molar-refractivity contribution in [3.05, 3.63) is 34.1 Å². The second-order valence-electron chi connectivity index (χ2n) is 5.47. The lowest BCUT2D eigenvalue weighted by atomic mass is 9.76. The Morgan fingerprint density at radius 1 is 1.19 bits per heavy atom. The van der Waals surface area contributed by atoms with Crippen LogP contribution in [0.5, 0.6) is 0 Å². The van der Waals surface area contributed by atoms with E-state index in [9.17, 15) is 0 Å². The second-order valence-corrected chi connectivity index (χ2v) is 6.34. The fraction of sp³-hybridized carbons (Fsp3) is 0.467. The maximum Gasteiger partial charge on any atom is 0.233 e. The lowest BCUT2D eigenvalue weighted by molar-refractivity contribution is 0.216. The summed E-state index contributed by atoms with van der Waals surface area (Å²) in [5.74, 6) is 1.26. The molecule has 1 fully saturated rings. The third-order valence-corrected chi connectivity index (χ3v) is 4.67. The number of piperidine rings is 1. The molecule has 2 aromatic rings. The molecule has 0 radical (unpaired) electrons. The minimum absolute atomic E-state index is 0.0150. The van der Waals surface area contributed by atoms with Crippen LogP contribution in [0.3, 0.4) is 0 Å². The lowest BCUT2D eigenvalue weighted by Crippen LogP contribution is -2.39. The predicted octanol–water partition coefficient (Wildman–Crippen LogP) is 4.07. The van der Waals surface area contributed by atoms with Crippen molar-refractivity contribution in [2.75, 3.05) is 13.1 Å². The van der Waals surface area contributed by atoms with Gasteiger partial charge in [0.25, 0.3) is 0 Å². The summed E-state index contributed by atoms with van der Waals surface area (Å²) in [7, 11) is 0. The van der Waals surface area contributed by atoms with Gasteiger partial charge in [-0.25, -0.2) is 0 Å². The summed E-state index contributed by atoms with van der Waals surface area (Å²) < 4.78 is 5.56. The Labute approximate surface area is 133 Å². The SMILES string of the molecule is CCC1(c2nc(-c3cc(Cl)cc(Cl)c3)no2)CCNCC1. The Morgan fingerprint density at radius 2 is 1.86 bits per heavy atom. The van der Waals surface area contributed by atoms with Gasteiger partial charge in [-0.15, -0.1) is 0 Å². The lowest BCUT2D eigenvalue weighted by Gasteiger charge is -2.33. The van der Waals surface area contributed by atoms with Gasteiger partial charge in [0.05, 0.1) is 5.41 Å². The molecule has 6 heteroatoms. The van der Waals surface area contributed by atoms with Gasteiger partial charge in [-0.1, -0.05) is 35.3 Å². The molecule has 0 amide bonds. The van der Waals surface area contributed by atoms with Crippen molar-refractivity contribution in [3.63, 3.8) is 0 Å². The van der Waals surface area contributed by atoms with Crippen LogP contribution in [0.1, 0.15) is 32.1 Å². The van der Waals surface area contributed by atoms with Gasteiger partial charge in [-0.3, -0.25) is 0 Å². The Bertz CT molecular complexity index is 615. The fourth-order valence-electron chi connectivity index (χ4n) is 2.86. The normalized spacial score (nSPS) is 17.9. The highest BCUT2D eigenvalue weighted by atomic mass is 35.5. The molecule has 1 saturated heterocycles. The van der Waals surface area contributed by atoms with Gasteiger partial charge < -0.3 is 9.84 Å². The highest BCUT2D eigenvalue weighted by Gasteiger charge is 2.37. The van der Waals surface area contributed by atoms with E-state index in [1.54, 1.807) is 18.2 Å². The van der Waals surface area contributed by atoms with Crippen LogP contribution in [-0.2, 0) is 5.41 Å². The number of hydrogen-bond acceptors (Lipinski definition) is 4. The molecule has 1 aliphatic heterocycles. The van der Waals surface area contributed by atoms with Crippen LogP contribution in [0.15, 0.2) is 22.7 Å². The van der Waals surface area contributed by atoms with Crippen molar-refractivity contribution in [1.82, 2.24) is 15.5 Å². The van der Waals surface area contributed by atoms with Crippen LogP contribution >= 0.6 is 23.2 Å². The van der Waals surface area contributed by atoms with Crippen LogP contribution in [0.2, 0.25) is 10.0 Å². The quantitative estimate of drug-likeness (QED) is 0.923. The zero-order valence-corrected chi connectivity index (χ0v) is 13.3. The van der Waals surface area contributed by atoms with E-state index in [4.69, 9.17) is 27.7 Å². The Balaban J connectivity index is 1.95. The van der Waals surface area contributed by atoms with E-state index in [0.717, 1.165) is 43.8 Å². The van der Waals surface area contributed by atoms with Crippen molar-refractivity contribution in [2.45, 2.75) is 31.6 Å². The van der Waals surface area contributed by atoms with Gasteiger partial charge in [0, 0.05) is 15.6 Å². The van der Waals surface area contributed by atoms with Crippen LogP contribution in [0, 0.1) is 0 Å². The van der Waals surface area contributed by atoms with Crippen molar-refractivity contribution in [1.29, 1.82) is 0 Å². The summed E-state index contributed by atoms with van der Waals surface area (Å²) in [6, 6.07) is 5.28. The third-order valence-electron chi connectivity index (χ3n) is 4.24. The average Bonchev–Trinajstić information content (AvgIpc) is 2.97. The predicted molar refractivity (Wildman–Crippen MR) is 83.8 cm³/mol. The average molecular weight is 326 g/mol. The summed E-state index contributed by atoms with van der Waals surface area (Å²) in [6.45, 7) is 4.13. The summed E-state index contributed by atoms with van der Waals surface area (Å²) in [5, 5.41) is 8.62.